The maximum absolute atomic E-state index is 12.0. The molecule has 0 spiro atoms. The molecular weight excluding hydrogens is 362 g/mol. The average Bonchev–Trinajstić information content (AvgIpc) is 3.19. The molecule has 5 nitrogen and oxygen atoms in total. The van der Waals surface area contributed by atoms with Crippen molar-refractivity contribution in [3.8, 4) is 0 Å². The zero-order valence-corrected chi connectivity index (χ0v) is 17.0. The number of aliphatic carboxylic acids is 1. The number of rotatable bonds is 7. The Hall–Kier alpha value is -2.24. The quantitative estimate of drug-likeness (QED) is 0.779. The molecule has 154 valence electrons. The van der Waals surface area contributed by atoms with Crippen LogP contribution < -0.4 is 0 Å². The highest BCUT2D eigenvalue weighted by Crippen LogP contribution is 2.34. The van der Waals surface area contributed by atoms with E-state index in [1.165, 1.54) is 18.4 Å². The van der Waals surface area contributed by atoms with Crippen LogP contribution in [0.15, 0.2) is 54.9 Å². The van der Waals surface area contributed by atoms with E-state index in [9.17, 15) is 9.90 Å². The molecule has 2 fully saturated rings. The highest BCUT2D eigenvalue weighted by atomic mass is 16.4. The second-order valence-electron chi connectivity index (χ2n) is 8.49. The summed E-state index contributed by atoms with van der Waals surface area (Å²) in [5.41, 5.74) is 2.44. The second-order valence-corrected chi connectivity index (χ2v) is 8.49. The molecule has 5 heteroatoms. The number of aromatic nitrogens is 1. The molecule has 29 heavy (non-hydrogen) atoms. The van der Waals surface area contributed by atoms with Crippen molar-refractivity contribution in [3.05, 3.63) is 66.0 Å². The number of hydrogen-bond donors (Lipinski definition) is 1. The monoisotopic (exact) mass is 393 g/mol. The van der Waals surface area contributed by atoms with E-state index in [4.69, 9.17) is 0 Å². The Morgan fingerprint density at radius 3 is 2.52 bits per heavy atom. The molecule has 2 aliphatic rings. The van der Waals surface area contributed by atoms with Crippen molar-refractivity contribution in [3.63, 3.8) is 0 Å². The first-order valence-corrected chi connectivity index (χ1v) is 10.8. The van der Waals surface area contributed by atoms with E-state index < -0.39 is 12.0 Å². The summed E-state index contributed by atoms with van der Waals surface area (Å²) in [5.74, 6) is 0.0527. The minimum atomic E-state index is -0.700. The van der Waals surface area contributed by atoms with Gasteiger partial charge in [-0.2, -0.15) is 0 Å². The molecule has 4 rings (SSSR count). The van der Waals surface area contributed by atoms with Gasteiger partial charge in [0.1, 0.15) is 6.04 Å². The molecule has 3 heterocycles. The third kappa shape index (κ3) is 5.03. The molecule has 0 radical (unpaired) electrons. The van der Waals surface area contributed by atoms with Crippen molar-refractivity contribution in [2.45, 2.75) is 44.2 Å². The number of carbonyl (C=O) groups is 1. The maximum atomic E-state index is 12.0. The second kappa shape index (κ2) is 9.51. The zero-order chi connectivity index (χ0) is 20.1. The van der Waals surface area contributed by atoms with Gasteiger partial charge in [0.15, 0.2) is 0 Å². The van der Waals surface area contributed by atoms with Crippen molar-refractivity contribution in [2.75, 3.05) is 26.2 Å². The van der Waals surface area contributed by atoms with E-state index in [1.807, 2.05) is 18.3 Å². The van der Waals surface area contributed by atoms with E-state index in [1.54, 1.807) is 6.20 Å². The van der Waals surface area contributed by atoms with Gasteiger partial charge in [-0.05, 0) is 75.0 Å². The summed E-state index contributed by atoms with van der Waals surface area (Å²) in [7, 11) is 0. The van der Waals surface area contributed by atoms with Crippen molar-refractivity contribution in [1.29, 1.82) is 0 Å². The van der Waals surface area contributed by atoms with Crippen LogP contribution in [0.3, 0.4) is 0 Å². The van der Waals surface area contributed by atoms with Gasteiger partial charge in [-0.3, -0.25) is 19.6 Å². The van der Waals surface area contributed by atoms with Gasteiger partial charge in [0.2, 0.25) is 0 Å². The first-order valence-electron chi connectivity index (χ1n) is 10.8. The summed E-state index contributed by atoms with van der Waals surface area (Å²) in [5, 5.41) is 9.86. The first-order chi connectivity index (χ1) is 14.2. The molecule has 2 atom stereocenters. The Morgan fingerprint density at radius 1 is 1.03 bits per heavy atom. The Morgan fingerprint density at radius 2 is 1.83 bits per heavy atom. The summed E-state index contributed by atoms with van der Waals surface area (Å²) in [6.45, 7) is 5.06. The fraction of sp³-hybridized carbons (Fsp3) is 0.500. The highest BCUT2D eigenvalue weighted by molar-refractivity contribution is 5.75. The number of pyridine rings is 1. The highest BCUT2D eigenvalue weighted by Gasteiger charge is 2.40. The van der Waals surface area contributed by atoms with Gasteiger partial charge in [-0.1, -0.05) is 36.4 Å². The normalized spacial score (nSPS) is 24.0. The molecule has 1 aromatic carbocycles. The number of piperidine rings is 1. The Labute approximate surface area is 173 Å². The third-order valence-electron chi connectivity index (χ3n) is 6.65. The lowest BCUT2D eigenvalue weighted by Gasteiger charge is -2.33. The lowest BCUT2D eigenvalue weighted by atomic mass is 9.91. The average molecular weight is 394 g/mol. The number of nitrogens with zero attached hydrogens (tertiary/aromatic N) is 3. The first kappa shape index (κ1) is 20.0. The summed E-state index contributed by atoms with van der Waals surface area (Å²) in [6, 6.07) is 14.2. The summed E-state index contributed by atoms with van der Waals surface area (Å²) in [4.78, 5) is 20.9. The molecular formula is C24H31N3O2. The Balaban J connectivity index is 1.26. The Kier molecular flexibility index (Phi) is 6.57. The molecule has 1 N–H and O–H groups in total. The van der Waals surface area contributed by atoms with Crippen molar-refractivity contribution >= 4 is 5.97 Å². The number of carboxylic acid groups (broad SMARTS) is 1. The third-order valence-corrected chi connectivity index (χ3v) is 6.65. The summed E-state index contributed by atoms with van der Waals surface area (Å²) < 4.78 is 0. The minimum absolute atomic E-state index is 0.0499. The van der Waals surface area contributed by atoms with E-state index in [0.717, 1.165) is 51.1 Å². The van der Waals surface area contributed by atoms with Crippen LogP contribution in [-0.4, -0.2) is 58.1 Å². The van der Waals surface area contributed by atoms with Crippen LogP contribution in [0.5, 0.6) is 0 Å². The molecule has 1 unspecified atom stereocenters. The molecule has 0 amide bonds. The summed E-state index contributed by atoms with van der Waals surface area (Å²) in [6.07, 6.45) is 8.00. The van der Waals surface area contributed by atoms with E-state index in [0.29, 0.717) is 5.92 Å². The van der Waals surface area contributed by atoms with Crippen LogP contribution in [0.25, 0.3) is 0 Å². The van der Waals surface area contributed by atoms with Crippen molar-refractivity contribution < 1.29 is 9.90 Å². The topological polar surface area (TPSA) is 56.7 Å². The van der Waals surface area contributed by atoms with Gasteiger partial charge < -0.3 is 5.11 Å². The standard InChI is InChI=1S/C24H31N3O2/c28-24(29)23-22(21-7-4-12-25-17-21)11-16-27(23)15-10-19-8-13-26(14-9-19)18-20-5-2-1-3-6-20/h1-7,12,17,19,22-23H,8-11,13-16,18H2,(H,28,29)/t22?,23-/m0/s1. The van der Waals surface area contributed by atoms with E-state index in [-0.39, 0.29) is 5.92 Å². The number of carboxylic acids is 1. The smallest absolute Gasteiger partial charge is 0.321 e. The predicted molar refractivity (Wildman–Crippen MR) is 114 cm³/mol. The molecule has 0 aliphatic carbocycles. The van der Waals surface area contributed by atoms with Crippen molar-refractivity contribution in [2.24, 2.45) is 5.92 Å². The fourth-order valence-corrected chi connectivity index (χ4v) is 5.00. The SMILES string of the molecule is O=C(O)[C@@H]1C(c2cccnc2)CCN1CCC1CCN(Cc2ccccc2)CC1. The number of likely N-dealkylation sites (tertiary alicyclic amines) is 2. The number of hydrogen-bond acceptors (Lipinski definition) is 4. The van der Waals surface area contributed by atoms with Crippen LogP contribution in [0.2, 0.25) is 0 Å². The zero-order valence-electron chi connectivity index (χ0n) is 17.0. The summed E-state index contributed by atoms with van der Waals surface area (Å²) >= 11 is 0. The molecule has 2 aromatic rings. The van der Waals surface area contributed by atoms with Crippen LogP contribution in [0, 0.1) is 5.92 Å². The van der Waals surface area contributed by atoms with Gasteiger partial charge in [0.25, 0.3) is 0 Å². The van der Waals surface area contributed by atoms with E-state index >= 15 is 0 Å². The molecule has 0 bridgehead atoms. The van der Waals surface area contributed by atoms with Gasteiger partial charge in [0.05, 0.1) is 0 Å². The van der Waals surface area contributed by atoms with Crippen LogP contribution in [0.4, 0.5) is 0 Å². The lowest BCUT2D eigenvalue weighted by molar-refractivity contribution is -0.142. The molecule has 1 aromatic heterocycles. The largest absolute Gasteiger partial charge is 0.480 e. The van der Waals surface area contributed by atoms with Crippen molar-refractivity contribution in [1.82, 2.24) is 14.8 Å². The maximum Gasteiger partial charge on any atom is 0.321 e. The lowest BCUT2D eigenvalue weighted by Crippen LogP contribution is -2.40. The molecule has 0 saturated carbocycles. The van der Waals surface area contributed by atoms with E-state index in [2.05, 4.69) is 45.1 Å². The fourth-order valence-electron chi connectivity index (χ4n) is 5.00. The van der Waals surface area contributed by atoms with Gasteiger partial charge in [-0.15, -0.1) is 0 Å². The van der Waals surface area contributed by atoms with Crippen LogP contribution in [0.1, 0.15) is 42.7 Å². The number of benzene rings is 1. The molecule has 2 aliphatic heterocycles. The minimum Gasteiger partial charge on any atom is -0.480 e. The van der Waals surface area contributed by atoms with Gasteiger partial charge >= 0.3 is 5.97 Å². The Bertz CT molecular complexity index is 775. The van der Waals surface area contributed by atoms with Gasteiger partial charge in [0, 0.05) is 24.9 Å². The predicted octanol–water partition coefficient (Wildman–Crippen LogP) is 3.63. The van der Waals surface area contributed by atoms with Crippen LogP contribution in [-0.2, 0) is 11.3 Å². The molecule has 2 saturated heterocycles. The van der Waals surface area contributed by atoms with Gasteiger partial charge in [-0.25, -0.2) is 0 Å². The van der Waals surface area contributed by atoms with Crippen LogP contribution >= 0.6 is 0 Å².